The molecule has 5 rings (SSSR count). The maximum atomic E-state index is 5.97. The Morgan fingerprint density at radius 1 is 0.963 bits per heavy atom. The van der Waals surface area contributed by atoms with E-state index in [-0.39, 0.29) is 0 Å². The molecule has 1 aliphatic rings. The van der Waals surface area contributed by atoms with Crippen LogP contribution in [0.3, 0.4) is 0 Å². The van der Waals surface area contributed by atoms with Crippen LogP contribution in [-0.4, -0.2) is 24.8 Å². The molecule has 0 unspecified atom stereocenters. The molecule has 0 amide bonds. The summed E-state index contributed by atoms with van der Waals surface area (Å²) in [5.41, 5.74) is 12.2. The number of benzene rings is 1. The maximum Gasteiger partial charge on any atom is 0.220 e. The number of hydrogen-bond acceptors (Lipinski definition) is 6. The average Bonchev–Trinajstić information content (AvgIpc) is 3.10. The Hall–Kier alpha value is -3.38. The van der Waals surface area contributed by atoms with Gasteiger partial charge in [-0.25, -0.2) is 9.97 Å². The van der Waals surface area contributed by atoms with Gasteiger partial charge in [-0.2, -0.15) is 0 Å². The average molecular weight is 354 g/mol. The smallest absolute Gasteiger partial charge is 0.220 e. The molecule has 0 saturated heterocycles. The first-order valence-electron chi connectivity index (χ1n) is 8.88. The van der Waals surface area contributed by atoms with Gasteiger partial charge < -0.3 is 5.73 Å². The SMILES string of the molecule is Nc1nc2c(c(-c3cccnc3)n1)CN(Cc1ccnc3ccccc13)C2. The van der Waals surface area contributed by atoms with Crippen LogP contribution in [0.1, 0.15) is 16.8 Å². The summed E-state index contributed by atoms with van der Waals surface area (Å²) >= 11 is 0. The number of nitrogens with zero attached hydrogens (tertiary/aromatic N) is 5. The van der Waals surface area contributed by atoms with Crippen LogP contribution in [0.2, 0.25) is 0 Å². The third-order valence-corrected chi connectivity index (χ3v) is 4.93. The predicted octanol–water partition coefficient (Wildman–Crippen LogP) is 3.18. The molecule has 1 aliphatic heterocycles. The number of anilines is 1. The van der Waals surface area contributed by atoms with Crippen molar-refractivity contribution in [2.75, 3.05) is 5.73 Å². The summed E-state index contributed by atoms with van der Waals surface area (Å²) in [4.78, 5) is 20.0. The topological polar surface area (TPSA) is 80.8 Å². The van der Waals surface area contributed by atoms with Crippen LogP contribution in [0, 0.1) is 0 Å². The number of fused-ring (bicyclic) bond motifs is 2. The zero-order valence-corrected chi connectivity index (χ0v) is 14.7. The molecule has 0 spiro atoms. The molecule has 3 aromatic heterocycles. The van der Waals surface area contributed by atoms with E-state index in [2.05, 4.69) is 43.0 Å². The molecular weight excluding hydrogens is 336 g/mol. The zero-order chi connectivity index (χ0) is 18.2. The van der Waals surface area contributed by atoms with Crippen LogP contribution in [0.4, 0.5) is 5.95 Å². The van der Waals surface area contributed by atoms with Crippen molar-refractivity contribution in [1.29, 1.82) is 0 Å². The molecule has 132 valence electrons. The van der Waals surface area contributed by atoms with E-state index in [4.69, 9.17) is 5.73 Å². The van der Waals surface area contributed by atoms with Gasteiger partial charge in [-0.3, -0.25) is 14.9 Å². The van der Waals surface area contributed by atoms with Gasteiger partial charge >= 0.3 is 0 Å². The number of para-hydroxylation sites is 1. The van der Waals surface area contributed by atoms with Gasteiger partial charge in [0.15, 0.2) is 0 Å². The number of aromatic nitrogens is 4. The number of pyridine rings is 2. The fourth-order valence-electron chi connectivity index (χ4n) is 3.72. The highest BCUT2D eigenvalue weighted by molar-refractivity contribution is 5.81. The summed E-state index contributed by atoms with van der Waals surface area (Å²) in [5.74, 6) is 0.309. The highest BCUT2D eigenvalue weighted by Gasteiger charge is 2.26. The number of hydrogen-bond donors (Lipinski definition) is 1. The van der Waals surface area contributed by atoms with E-state index in [9.17, 15) is 0 Å². The molecule has 6 heteroatoms. The van der Waals surface area contributed by atoms with E-state index in [1.807, 2.05) is 36.7 Å². The van der Waals surface area contributed by atoms with E-state index >= 15 is 0 Å². The minimum absolute atomic E-state index is 0.309. The lowest BCUT2D eigenvalue weighted by Crippen LogP contribution is -2.16. The van der Waals surface area contributed by atoms with Crippen molar-refractivity contribution < 1.29 is 0 Å². The Bertz CT molecular complexity index is 1120. The van der Waals surface area contributed by atoms with Crippen LogP contribution in [0.25, 0.3) is 22.2 Å². The Morgan fingerprint density at radius 3 is 2.78 bits per heavy atom. The van der Waals surface area contributed by atoms with Gasteiger partial charge in [0.2, 0.25) is 5.95 Å². The highest BCUT2D eigenvalue weighted by Crippen LogP contribution is 2.32. The molecule has 27 heavy (non-hydrogen) atoms. The quantitative estimate of drug-likeness (QED) is 0.608. The Labute approximate surface area is 156 Å². The second kappa shape index (κ2) is 6.41. The van der Waals surface area contributed by atoms with Crippen LogP contribution < -0.4 is 5.73 Å². The molecule has 0 atom stereocenters. The Kier molecular flexibility index (Phi) is 3.76. The fraction of sp³-hybridized carbons (Fsp3) is 0.143. The summed E-state index contributed by atoms with van der Waals surface area (Å²) < 4.78 is 0. The lowest BCUT2D eigenvalue weighted by molar-refractivity contribution is 0.275. The van der Waals surface area contributed by atoms with Gasteiger partial charge in [0, 0.05) is 54.7 Å². The predicted molar refractivity (Wildman–Crippen MR) is 104 cm³/mol. The fourth-order valence-corrected chi connectivity index (χ4v) is 3.72. The third-order valence-electron chi connectivity index (χ3n) is 4.93. The second-order valence-corrected chi connectivity index (χ2v) is 6.73. The van der Waals surface area contributed by atoms with Crippen molar-refractivity contribution in [3.05, 3.63) is 77.9 Å². The first-order chi connectivity index (χ1) is 13.3. The Balaban J connectivity index is 1.49. The van der Waals surface area contributed by atoms with Gasteiger partial charge in [-0.15, -0.1) is 0 Å². The van der Waals surface area contributed by atoms with Crippen molar-refractivity contribution >= 4 is 16.9 Å². The standard InChI is InChI=1S/C21H18N6/c22-21-25-19-13-27(11-15-7-9-24-18-6-2-1-5-16(15)18)12-17(19)20(26-21)14-4-3-8-23-10-14/h1-10H,11-13H2,(H2,22,25,26). The van der Waals surface area contributed by atoms with Crippen LogP contribution in [0.5, 0.6) is 0 Å². The third kappa shape index (κ3) is 2.90. The number of nitrogen functional groups attached to an aromatic ring is 1. The van der Waals surface area contributed by atoms with Crippen molar-refractivity contribution in [2.24, 2.45) is 0 Å². The van der Waals surface area contributed by atoms with Crippen molar-refractivity contribution in [3.8, 4) is 11.3 Å². The molecule has 0 aliphatic carbocycles. The molecule has 4 aromatic rings. The zero-order valence-electron chi connectivity index (χ0n) is 14.7. The van der Waals surface area contributed by atoms with E-state index in [1.165, 1.54) is 10.9 Å². The largest absolute Gasteiger partial charge is 0.368 e. The molecule has 0 bridgehead atoms. The van der Waals surface area contributed by atoms with E-state index in [0.717, 1.165) is 47.7 Å². The molecule has 1 aromatic carbocycles. The summed E-state index contributed by atoms with van der Waals surface area (Å²) in [5, 5.41) is 1.19. The van der Waals surface area contributed by atoms with Crippen LogP contribution in [-0.2, 0) is 19.6 Å². The minimum Gasteiger partial charge on any atom is -0.368 e. The maximum absolute atomic E-state index is 5.97. The molecule has 0 saturated carbocycles. The van der Waals surface area contributed by atoms with Crippen LogP contribution >= 0.6 is 0 Å². The van der Waals surface area contributed by atoms with Crippen molar-refractivity contribution in [1.82, 2.24) is 24.8 Å². The summed E-state index contributed by atoms with van der Waals surface area (Å²) in [7, 11) is 0. The minimum atomic E-state index is 0.309. The molecular formula is C21H18N6. The monoisotopic (exact) mass is 354 g/mol. The van der Waals surface area contributed by atoms with Gasteiger partial charge in [0.1, 0.15) is 0 Å². The van der Waals surface area contributed by atoms with Crippen LogP contribution in [0.15, 0.2) is 61.1 Å². The summed E-state index contributed by atoms with van der Waals surface area (Å²) in [6.07, 6.45) is 5.45. The number of rotatable bonds is 3. The molecule has 4 heterocycles. The van der Waals surface area contributed by atoms with Gasteiger partial charge in [0.25, 0.3) is 0 Å². The molecule has 2 N–H and O–H groups in total. The Morgan fingerprint density at radius 2 is 1.89 bits per heavy atom. The van der Waals surface area contributed by atoms with Gasteiger partial charge in [-0.1, -0.05) is 18.2 Å². The highest BCUT2D eigenvalue weighted by atomic mass is 15.2. The molecule has 0 radical (unpaired) electrons. The number of nitrogens with two attached hydrogens (primary N) is 1. The second-order valence-electron chi connectivity index (χ2n) is 6.73. The first-order valence-corrected chi connectivity index (χ1v) is 8.88. The lowest BCUT2D eigenvalue weighted by Gasteiger charge is -2.16. The summed E-state index contributed by atoms with van der Waals surface area (Å²) in [6, 6.07) is 14.3. The molecule has 0 fully saturated rings. The summed E-state index contributed by atoms with van der Waals surface area (Å²) in [6.45, 7) is 2.37. The normalized spacial score (nSPS) is 13.8. The van der Waals surface area contributed by atoms with Gasteiger partial charge in [0.05, 0.1) is 16.9 Å². The van der Waals surface area contributed by atoms with Gasteiger partial charge in [-0.05, 0) is 29.8 Å². The first kappa shape index (κ1) is 15.8. The van der Waals surface area contributed by atoms with E-state index in [1.54, 1.807) is 6.20 Å². The van der Waals surface area contributed by atoms with E-state index in [0.29, 0.717) is 5.95 Å². The lowest BCUT2D eigenvalue weighted by atomic mass is 10.1. The van der Waals surface area contributed by atoms with Crippen molar-refractivity contribution in [3.63, 3.8) is 0 Å². The van der Waals surface area contributed by atoms with Crippen molar-refractivity contribution in [2.45, 2.75) is 19.6 Å². The van der Waals surface area contributed by atoms with E-state index < -0.39 is 0 Å². The molecule has 6 nitrogen and oxygen atoms in total.